The van der Waals surface area contributed by atoms with E-state index in [0.29, 0.717) is 23.4 Å². The minimum Gasteiger partial charge on any atom is -0.507 e. The van der Waals surface area contributed by atoms with Crippen molar-refractivity contribution in [3.8, 4) is 5.75 Å². The number of carbonyl (C=O) groups excluding carboxylic acids is 2. The van der Waals surface area contributed by atoms with Crippen LogP contribution >= 0.6 is 0 Å². The quantitative estimate of drug-likeness (QED) is 0.364. The van der Waals surface area contributed by atoms with Crippen LogP contribution in [0.2, 0.25) is 0 Å². The van der Waals surface area contributed by atoms with Crippen molar-refractivity contribution in [1.82, 2.24) is 4.98 Å². The van der Waals surface area contributed by atoms with Crippen LogP contribution in [0, 0.1) is 13.8 Å². The van der Waals surface area contributed by atoms with E-state index < -0.39 is 17.7 Å². The summed E-state index contributed by atoms with van der Waals surface area (Å²) in [5.41, 5.74) is 4.74. The molecule has 3 heterocycles. The third-order valence-corrected chi connectivity index (χ3v) is 6.27. The van der Waals surface area contributed by atoms with Crippen molar-refractivity contribution in [2.24, 2.45) is 0 Å². The number of anilines is 1. The van der Waals surface area contributed by atoms with E-state index in [4.69, 9.17) is 4.74 Å². The van der Waals surface area contributed by atoms with Crippen molar-refractivity contribution in [3.63, 3.8) is 0 Å². The summed E-state index contributed by atoms with van der Waals surface area (Å²) in [7, 11) is 0. The summed E-state index contributed by atoms with van der Waals surface area (Å²) in [4.78, 5) is 32.2. The molecule has 5 rings (SSSR count). The van der Waals surface area contributed by atoms with Crippen molar-refractivity contribution >= 4 is 23.1 Å². The molecule has 6 nitrogen and oxygen atoms in total. The van der Waals surface area contributed by atoms with Gasteiger partial charge in [0.05, 0.1) is 18.2 Å². The lowest BCUT2D eigenvalue weighted by molar-refractivity contribution is -0.132. The maximum Gasteiger partial charge on any atom is 0.300 e. The fourth-order valence-electron chi connectivity index (χ4n) is 4.58. The second kappa shape index (κ2) is 8.20. The fourth-order valence-corrected chi connectivity index (χ4v) is 4.58. The molecule has 1 aromatic heterocycles. The molecule has 2 aliphatic rings. The molecule has 0 spiro atoms. The van der Waals surface area contributed by atoms with Crippen LogP contribution in [0.25, 0.3) is 5.76 Å². The van der Waals surface area contributed by atoms with E-state index in [1.165, 1.54) is 4.90 Å². The third kappa shape index (κ3) is 3.57. The minimum atomic E-state index is -0.763. The maximum absolute atomic E-state index is 13.3. The van der Waals surface area contributed by atoms with Gasteiger partial charge in [-0.2, -0.15) is 0 Å². The number of aryl methyl sites for hydroxylation is 3. The number of carbonyl (C=O) groups is 2. The third-order valence-electron chi connectivity index (χ3n) is 6.27. The van der Waals surface area contributed by atoms with Crippen LogP contribution in [0.5, 0.6) is 5.75 Å². The SMILES string of the molecule is Cc1ccc(C)c(N2C(=O)C(=O)/C(=C(\O)c3ccc4c(c3)CCCO4)C2c2ccncc2)c1. The number of ether oxygens (including phenoxy) is 1. The summed E-state index contributed by atoms with van der Waals surface area (Å²) in [6.07, 6.45) is 4.97. The Morgan fingerprint density at radius 2 is 1.85 bits per heavy atom. The molecule has 0 saturated carbocycles. The molecular formula is C27H24N2O4. The number of fused-ring (bicyclic) bond motifs is 1. The lowest BCUT2D eigenvalue weighted by Gasteiger charge is -2.27. The zero-order valence-corrected chi connectivity index (χ0v) is 18.5. The summed E-state index contributed by atoms with van der Waals surface area (Å²) in [5.74, 6) is -0.756. The first-order valence-corrected chi connectivity index (χ1v) is 11.0. The van der Waals surface area contributed by atoms with E-state index >= 15 is 0 Å². The molecule has 33 heavy (non-hydrogen) atoms. The van der Waals surface area contributed by atoms with Crippen molar-refractivity contribution in [1.29, 1.82) is 0 Å². The molecule has 0 radical (unpaired) electrons. The number of amides is 1. The maximum atomic E-state index is 13.3. The van der Waals surface area contributed by atoms with Gasteiger partial charge in [-0.15, -0.1) is 0 Å². The molecule has 3 aromatic rings. The van der Waals surface area contributed by atoms with Crippen LogP contribution in [-0.2, 0) is 16.0 Å². The number of aliphatic hydroxyl groups excluding tert-OH is 1. The molecule has 166 valence electrons. The number of ketones is 1. The predicted octanol–water partition coefficient (Wildman–Crippen LogP) is 4.65. The van der Waals surface area contributed by atoms with Crippen LogP contribution in [0.4, 0.5) is 5.69 Å². The van der Waals surface area contributed by atoms with Crippen molar-refractivity contribution < 1.29 is 19.4 Å². The van der Waals surface area contributed by atoms with Gasteiger partial charge in [0.2, 0.25) is 0 Å². The summed E-state index contributed by atoms with van der Waals surface area (Å²) < 4.78 is 5.68. The van der Waals surface area contributed by atoms with E-state index in [9.17, 15) is 14.7 Å². The summed E-state index contributed by atoms with van der Waals surface area (Å²) in [5, 5.41) is 11.4. The van der Waals surface area contributed by atoms with Gasteiger partial charge in [-0.1, -0.05) is 12.1 Å². The van der Waals surface area contributed by atoms with Gasteiger partial charge in [0, 0.05) is 23.6 Å². The Labute approximate surface area is 192 Å². The fraction of sp³-hybridized carbons (Fsp3) is 0.222. The normalized spacial score (nSPS) is 19.3. The number of aliphatic hydroxyl groups is 1. The van der Waals surface area contributed by atoms with E-state index in [0.717, 1.165) is 35.3 Å². The van der Waals surface area contributed by atoms with Gasteiger partial charge in [-0.05, 0) is 85.3 Å². The van der Waals surface area contributed by atoms with Gasteiger partial charge in [-0.3, -0.25) is 19.5 Å². The summed E-state index contributed by atoms with van der Waals surface area (Å²) >= 11 is 0. The highest BCUT2D eigenvalue weighted by molar-refractivity contribution is 6.51. The standard InChI is InChI=1S/C27H24N2O4/c1-16-5-6-17(2)21(14-16)29-24(18-9-11-28-12-10-18)23(26(31)27(29)32)25(30)20-7-8-22-19(15-20)4-3-13-33-22/h5-12,14-15,24,30H,3-4,13H2,1-2H3/b25-23-. The van der Waals surface area contributed by atoms with E-state index in [1.807, 2.05) is 44.2 Å². The minimum absolute atomic E-state index is 0.0729. The highest BCUT2D eigenvalue weighted by Gasteiger charge is 2.47. The monoisotopic (exact) mass is 440 g/mol. The Kier molecular flexibility index (Phi) is 5.21. The van der Waals surface area contributed by atoms with Crippen LogP contribution in [0.15, 0.2) is 66.5 Å². The number of hydrogen-bond donors (Lipinski definition) is 1. The second-order valence-electron chi connectivity index (χ2n) is 8.51. The predicted molar refractivity (Wildman–Crippen MR) is 125 cm³/mol. The Balaban J connectivity index is 1.71. The van der Waals surface area contributed by atoms with Crippen molar-refractivity contribution in [3.05, 3.63) is 94.3 Å². The zero-order chi connectivity index (χ0) is 23.1. The smallest absolute Gasteiger partial charge is 0.300 e. The number of aromatic nitrogens is 1. The lowest BCUT2D eigenvalue weighted by Crippen LogP contribution is -2.30. The molecule has 1 saturated heterocycles. The second-order valence-corrected chi connectivity index (χ2v) is 8.51. The molecule has 2 aliphatic heterocycles. The molecule has 1 amide bonds. The average Bonchev–Trinajstić information content (AvgIpc) is 3.10. The van der Waals surface area contributed by atoms with Crippen LogP contribution in [0.1, 0.15) is 40.3 Å². The Bertz CT molecular complexity index is 1300. The molecule has 0 aliphatic carbocycles. The number of hydrogen-bond acceptors (Lipinski definition) is 5. The van der Waals surface area contributed by atoms with Crippen LogP contribution in [-0.4, -0.2) is 28.4 Å². The van der Waals surface area contributed by atoms with Gasteiger partial charge in [-0.25, -0.2) is 0 Å². The molecule has 0 bridgehead atoms. The number of rotatable bonds is 3. The zero-order valence-electron chi connectivity index (χ0n) is 18.5. The summed E-state index contributed by atoms with van der Waals surface area (Å²) in [6, 6.07) is 13.9. The summed E-state index contributed by atoms with van der Waals surface area (Å²) in [6.45, 7) is 4.51. The van der Waals surface area contributed by atoms with Gasteiger partial charge in [0.15, 0.2) is 0 Å². The number of pyridine rings is 1. The van der Waals surface area contributed by atoms with Crippen LogP contribution < -0.4 is 9.64 Å². The lowest BCUT2D eigenvalue weighted by atomic mass is 9.94. The molecule has 1 N–H and O–H groups in total. The first-order chi connectivity index (χ1) is 16.0. The highest BCUT2D eigenvalue weighted by atomic mass is 16.5. The molecular weight excluding hydrogens is 416 g/mol. The van der Waals surface area contributed by atoms with Crippen molar-refractivity contribution in [2.75, 3.05) is 11.5 Å². The van der Waals surface area contributed by atoms with E-state index in [2.05, 4.69) is 4.98 Å². The number of nitrogens with zero attached hydrogens (tertiary/aromatic N) is 2. The van der Waals surface area contributed by atoms with Gasteiger partial charge >= 0.3 is 0 Å². The number of Topliss-reactive ketones (excluding diaryl/α,β-unsaturated/α-hetero) is 1. The first-order valence-electron chi connectivity index (χ1n) is 11.0. The molecule has 2 aromatic carbocycles. The average molecular weight is 440 g/mol. The highest BCUT2D eigenvalue weighted by Crippen LogP contribution is 2.43. The Morgan fingerprint density at radius 3 is 2.64 bits per heavy atom. The van der Waals surface area contributed by atoms with Gasteiger partial charge in [0.25, 0.3) is 11.7 Å². The van der Waals surface area contributed by atoms with Crippen molar-refractivity contribution in [2.45, 2.75) is 32.7 Å². The Hall–Kier alpha value is -3.93. The van der Waals surface area contributed by atoms with Gasteiger partial charge in [0.1, 0.15) is 11.5 Å². The molecule has 1 atom stereocenters. The number of benzene rings is 2. The molecule has 6 heteroatoms. The van der Waals surface area contributed by atoms with E-state index in [1.54, 1.807) is 30.6 Å². The largest absolute Gasteiger partial charge is 0.507 e. The van der Waals surface area contributed by atoms with Gasteiger partial charge < -0.3 is 9.84 Å². The Morgan fingerprint density at radius 1 is 1.06 bits per heavy atom. The molecule has 1 unspecified atom stereocenters. The molecule has 1 fully saturated rings. The van der Waals surface area contributed by atoms with E-state index in [-0.39, 0.29) is 11.3 Å². The topological polar surface area (TPSA) is 79.7 Å². The first kappa shape index (κ1) is 20.9. The van der Waals surface area contributed by atoms with Crippen LogP contribution in [0.3, 0.4) is 0 Å².